The van der Waals surface area contributed by atoms with Crippen LogP contribution in [0.4, 0.5) is 0 Å². The number of imidazole rings is 1. The summed E-state index contributed by atoms with van der Waals surface area (Å²) in [6, 6.07) is 22.3. The highest BCUT2D eigenvalue weighted by Gasteiger charge is 2.28. The molecule has 0 unspecified atom stereocenters. The molecule has 7 aromatic carbocycles. The zero-order valence-corrected chi connectivity index (χ0v) is 29.6. The molecular weight excluding hydrogens is 659 g/mol. The lowest BCUT2D eigenvalue weighted by Gasteiger charge is -2.28. The molecule has 0 bridgehead atoms. The van der Waals surface area contributed by atoms with Crippen molar-refractivity contribution in [1.29, 1.82) is 0 Å². The fourth-order valence-corrected chi connectivity index (χ4v) is 7.76. The fraction of sp³-hybridized carbons (Fsp3) is 0.0250. The first-order valence-corrected chi connectivity index (χ1v) is 17.0. The van der Waals surface area contributed by atoms with Gasteiger partial charge in [0, 0.05) is 5.56 Å². The van der Waals surface area contributed by atoms with Crippen LogP contribution in [-0.4, -0.2) is 106 Å². The molecule has 232 valence electrons. The van der Waals surface area contributed by atoms with Crippen molar-refractivity contribution in [3.05, 3.63) is 78.6 Å². The van der Waals surface area contributed by atoms with Gasteiger partial charge in [-0.25, -0.2) is 4.98 Å². The van der Waals surface area contributed by atoms with Crippen LogP contribution in [0.5, 0.6) is 11.5 Å². The number of aromatic nitrogens is 2. The van der Waals surface area contributed by atoms with Gasteiger partial charge in [0.05, 0.1) is 16.7 Å². The lowest BCUT2D eigenvalue weighted by atomic mass is 9.59. The third-order valence-corrected chi connectivity index (χ3v) is 10.5. The molecule has 0 aliphatic rings. The molecule has 1 aromatic heterocycles. The molecule has 0 spiro atoms. The van der Waals surface area contributed by atoms with E-state index in [0.717, 1.165) is 11.0 Å². The quantitative estimate of drug-likeness (QED) is 0.117. The molecule has 8 rings (SSSR count). The van der Waals surface area contributed by atoms with Gasteiger partial charge in [-0.15, -0.1) is 27.3 Å². The number of nitrogens with zero attached hydrogens (tertiary/aromatic N) is 2. The Balaban J connectivity index is 1.61. The van der Waals surface area contributed by atoms with E-state index in [1.54, 1.807) is 24.3 Å². The molecule has 0 aliphatic heterocycles. The number of aromatic hydroxyl groups is 2. The largest absolute Gasteiger partial charge is 0.505 e. The summed E-state index contributed by atoms with van der Waals surface area (Å²) in [6.07, 6.45) is 0. The van der Waals surface area contributed by atoms with Crippen LogP contribution >= 0.6 is 0 Å². The molecule has 22 radical (unpaired) electrons. The van der Waals surface area contributed by atoms with Crippen molar-refractivity contribution < 1.29 is 10.2 Å². The van der Waals surface area contributed by atoms with Crippen LogP contribution in [0, 0.1) is 6.92 Å². The van der Waals surface area contributed by atoms with Crippen molar-refractivity contribution in [2.45, 2.75) is 6.92 Å². The van der Waals surface area contributed by atoms with Gasteiger partial charge in [-0.05, 0) is 91.5 Å². The summed E-state index contributed by atoms with van der Waals surface area (Å²) in [6.45, 7) is 1.89. The van der Waals surface area contributed by atoms with Gasteiger partial charge in [0.15, 0.2) is 0 Å². The number of phenolic OH excluding ortho intramolecular Hbond substituents is 2. The van der Waals surface area contributed by atoms with Crippen molar-refractivity contribution in [3.63, 3.8) is 0 Å². The van der Waals surface area contributed by atoms with Gasteiger partial charge in [0.1, 0.15) is 104 Å². The van der Waals surface area contributed by atoms with E-state index in [1.165, 1.54) is 0 Å². The number of hydrogen-bond acceptors (Lipinski definition) is 3. The van der Waals surface area contributed by atoms with Gasteiger partial charge in [0.2, 0.25) is 0 Å². The number of phenols is 2. The Morgan fingerprint density at radius 2 is 0.909 bits per heavy atom. The first kappa shape index (κ1) is 36.8. The van der Waals surface area contributed by atoms with E-state index in [-0.39, 0.29) is 70.9 Å². The fourth-order valence-electron chi connectivity index (χ4n) is 7.76. The molecule has 0 saturated carbocycles. The van der Waals surface area contributed by atoms with Crippen LogP contribution in [0.15, 0.2) is 72.8 Å². The monoisotopic (exact) mass is 678 g/mol. The van der Waals surface area contributed by atoms with E-state index in [9.17, 15) is 10.2 Å². The van der Waals surface area contributed by atoms with Gasteiger partial charge in [-0.3, -0.25) is 4.57 Å². The summed E-state index contributed by atoms with van der Waals surface area (Å²) in [7, 11) is 72.4. The predicted octanol–water partition coefficient (Wildman–Crippen LogP) is -3.22. The Labute approximate surface area is 333 Å². The maximum Gasteiger partial charge on any atom is 0.150 e. The van der Waals surface area contributed by atoms with E-state index in [2.05, 4.69) is 0 Å². The number of fused-ring (bicyclic) bond motifs is 3. The van der Waals surface area contributed by atoms with Crippen molar-refractivity contribution >= 4 is 179 Å². The van der Waals surface area contributed by atoms with E-state index in [1.807, 2.05) is 60.0 Å². The lowest BCUT2D eigenvalue weighted by molar-refractivity contribution is 0.410. The second-order valence-corrected chi connectivity index (χ2v) is 13.5. The van der Waals surface area contributed by atoms with Gasteiger partial charge >= 0.3 is 0 Å². The van der Waals surface area contributed by atoms with Crippen molar-refractivity contribution in [2.24, 2.45) is 0 Å². The van der Waals surface area contributed by atoms with Gasteiger partial charge in [-0.1, -0.05) is 70.4 Å². The molecule has 15 heteroatoms. The highest BCUT2D eigenvalue weighted by Crippen LogP contribution is 2.45. The summed E-state index contributed by atoms with van der Waals surface area (Å²) >= 11 is 0. The van der Waals surface area contributed by atoms with E-state index in [4.69, 9.17) is 91.3 Å². The van der Waals surface area contributed by atoms with Gasteiger partial charge < -0.3 is 10.2 Å². The first-order valence-electron chi connectivity index (χ1n) is 17.0. The number of rotatable bonds is 4. The Morgan fingerprint density at radius 3 is 1.53 bits per heavy atom. The van der Waals surface area contributed by atoms with Crippen molar-refractivity contribution in [2.75, 3.05) is 0 Å². The minimum atomic E-state index is -0.639. The average molecular weight is 677 g/mol. The standard InChI is InChI=1S/C40H17B11N2O2/c1-14-52-18-10-3-5-12-20(18)53(14)19-11-4-2-9-17(19)23-26-24(30(43)36(49)37(50)31(26)44)21(25-27(23)33(46)40(55)39(54)32(25)45)15-7-6-8-16(13-15)22-28(41)34(47)38(51)35(48)29(22)42/h2-13,54-55H,1H3. The highest BCUT2D eigenvalue weighted by molar-refractivity contribution is 6.70. The summed E-state index contributed by atoms with van der Waals surface area (Å²) < 4.78 is 2.00. The van der Waals surface area contributed by atoms with E-state index >= 15 is 0 Å². The van der Waals surface area contributed by atoms with Gasteiger partial charge in [0.25, 0.3) is 0 Å². The highest BCUT2D eigenvalue weighted by atomic mass is 16.3. The number of aryl methyl sites for hydroxylation is 1. The third-order valence-electron chi connectivity index (χ3n) is 10.5. The number of para-hydroxylation sites is 3. The summed E-state index contributed by atoms with van der Waals surface area (Å²) in [5, 5.41) is 23.9. The Morgan fingerprint density at radius 1 is 0.455 bits per heavy atom. The first-order chi connectivity index (χ1) is 26.2. The van der Waals surface area contributed by atoms with Crippen LogP contribution in [-0.2, 0) is 0 Å². The average Bonchev–Trinajstić information content (AvgIpc) is 3.53. The van der Waals surface area contributed by atoms with Crippen LogP contribution in [0.25, 0.3) is 71.6 Å². The predicted molar refractivity (Wildman–Crippen MR) is 240 cm³/mol. The topological polar surface area (TPSA) is 58.3 Å². The van der Waals surface area contributed by atoms with Crippen molar-refractivity contribution in [3.8, 4) is 50.6 Å². The zero-order valence-electron chi connectivity index (χ0n) is 29.6. The maximum atomic E-state index is 11.3. The number of benzene rings is 7. The normalized spacial score (nSPS) is 11.6. The van der Waals surface area contributed by atoms with Crippen LogP contribution in [0.2, 0.25) is 0 Å². The molecular formula is C40H17B11N2O2. The van der Waals surface area contributed by atoms with E-state index < -0.39 is 11.5 Å². The van der Waals surface area contributed by atoms with Crippen molar-refractivity contribution in [1.82, 2.24) is 9.55 Å². The van der Waals surface area contributed by atoms with Gasteiger partial charge in [-0.2, -0.15) is 0 Å². The molecule has 0 saturated heterocycles. The van der Waals surface area contributed by atoms with Crippen LogP contribution in [0.3, 0.4) is 0 Å². The molecule has 1 heterocycles. The molecule has 2 N–H and O–H groups in total. The second-order valence-electron chi connectivity index (χ2n) is 13.5. The number of hydrogen-bond donors (Lipinski definition) is 2. The zero-order chi connectivity index (χ0) is 39.4. The molecule has 55 heavy (non-hydrogen) atoms. The molecule has 0 fully saturated rings. The lowest BCUT2D eigenvalue weighted by Crippen LogP contribution is -2.55. The molecule has 0 atom stereocenters. The molecule has 8 aromatic rings. The summed E-state index contributed by atoms with van der Waals surface area (Å²) in [5.41, 5.74) is 5.34. The Hall–Kier alpha value is -5.16. The Bertz CT molecular complexity index is 2890. The summed E-state index contributed by atoms with van der Waals surface area (Å²) in [4.78, 5) is 4.80. The summed E-state index contributed by atoms with van der Waals surface area (Å²) in [5.74, 6) is -0.572. The molecule has 0 amide bonds. The minimum absolute atomic E-state index is 0.0274. The second kappa shape index (κ2) is 13.3. The van der Waals surface area contributed by atoms with Crippen LogP contribution < -0.4 is 60.1 Å². The maximum absolute atomic E-state index is 11.3. The smallest absolute Gasteiger partial charge is 0.150 e. The Kier molecular flexibility index (Phi) is 8.87. The SMILES string of the molecule is [B]c1c([B])c([B])c(-c2cccc(-c3c4c([B])c([B])c([B])c([B])c4c(-c4ccccc4-n4c(C)nc5ccccc54)c4c([B])c(O)c(O)c([B])c34)c2)c([B])c1[B]. The minimum Gasteiger partial charge on any atom is -0.505 e. The molecule has 4 nitrogen and oxygen atoms in total. The van der Waals surface area contributed by atoms with Crippen LogP contribution in [0.1, 0.15) is 5.82 Å². The molecule has 0 aliphatic carbocycles. The van der Waals surface area contributed by atoms with E-state index in [0.29, 0.717) is 55.7 Å². The third kappa shape index (κ3) is 5.25.